The van der Waals surface area contributed by atoms with Crippen molar-refractivity contribution >= 4 is 15.7 Å². The Morgan fingerprint density at radius 2 is 1.81 bits per heavy atom. The first-order chi connectivity index (χ1) is 12.8. The summed E-state index contributed by atoms with van der Waals surface area (Å²) in [5, 5.41) is 11.5. The van der Waals surface area contributed by atoms with Crippen LogP contribution in [-0.2, 0) is 16.6 Å². The second-order valence-corrected chi connectivity index (χ2v) is 8.65. The molecule has 1 fully saturated rings. The summed E-state index contributed by atoms with van der Waals surface area (Å²) in [7, 11) is -3.72. The van der Waals surface area contributed by atoms with E-state index < -0.39 is 14.9 Å². The van der Waals surface area contributed by atoms with Crippen LogP contribution in [0.3, 0.4) is 0 Å². The van der Waals surface area contributed by atoms with Gasteiger partial charge in [0.25, 0.3) is 0 Å². The molecule has 0 radical (unpaired) electrons. The predicted octanol–water partition coefficient (Wildman–Crippen LogP) is 3.58. The van der Waals surface area contributed by atoms with E-state index in [4.69, 9.17) is 4.74 Å². The molecule has 0 unspecified atom stereocenters. The van der Waals surface area contributed by atoms with E-state index in [1.807, 2.05) is 32.0 Å². The Kier molecular flexibility index (Phi) is 5.48. The van der Waals surface area contributed by atoms with Crippen LogP contribution in [0.5, 0.6) is 5.75 Å². The van der Waals surface area contributed by atoms with Crippen molar-refractivity contribution in [2.24, 2.45) is 0 Å². The maximum absolute atomic E-state index is 12.6. The minimum atomic E-state index is -3.72. The highest BCUT2D eigenvalue weighted by Crippen LogP contribution is 2.32. The number of nitro groups is 1. The molecule has 27 heavy (non-hydrogen) atoms. The Balaban J connectivity index is 1.88. The molecule has 1 aliphatic rings. The summed E-state index contributed by atoms with van der Waals surface area (Å²) >= 11 is 0. The molecule has 8 heteroatoms. The Labute approximate surface area is 158 Å². The predicted molar refractivity (Wildman–Crippen MR) is 101 cm³/mol. The van der Waals surface area contributed by atoms with Crippen LogP contribution < -0.4 is 4.74 Å². The Hall–Kier alpha value is -2.45. The molecule has 0 saturated carbocycles. The maximum atomic E-state index is 12.6. The lowest BCUT2D eigenvalue weighted by Crippen LogP contribution is -2.27. The average molecular weight is 390 g/mol. The molecule has 2 aromatic carbocycles. The molecule has 144 valence electrons. The first-order valence-corrected chi connectivity index (χ1v) is 10.2. The van der Waals surface area contributed by atoms with E-state index in [2.05, 4.69) is 0 Å². The van der Waals surface area contributed by atoms with Crippen LogP contribution in [0.2, 0.25) is 0 Å². The number of aryl methyl sites for hydroxylation is 2. The molecule has 0 N–H and O–H groups in total. The van der Waals surface area contributed by atoms with E-state index in [1.165, 1.54) is 16.4 Å². The Bertz CT molecular complexity index is 966. The number of nitro benzene ring substituents is 1. The fraction of sp³-hybridized carbons (Fsp3) is 0.368. The second-order valence-electron chi connectivity index (χ2n) is 6.72. The molecule has 0 atom stereocenters. The number of sulfonamides is 1. The van der Waals surface area contributed by atoms with Crippen LogP contribution in [0.4, 0.5) is 5.69 Å². The van der Waals surface area contributed by atoms with Crippen molar-refractivity contribution in [2.75, 3.05) is 13.1 Å². The number of nitrogens with zero attached hydrogens (tertiary/aromatic N) is 2. The smallest absolute Gasteiger partial charge is 0.312 e. The van der Waals surface area contributed by atoms with Gasteiger partial charge in [0, 0.05) is 19.2 Å². The fourth-order valence-electron chi connectivity index (χ4n) is 3.11. The lowest BCUT2D eigenvalue weighted by atomic mass is 10.1. The van der Waals surface area contributed by atoms with E-state index in [-0.39, 0.29) is 22.9 Å². The molecule has 7 nitrogen and oxygen atoms in total. The minimum Gasteiger partial charge on any atom is -0.482 e. The minimum absolute atomic E-state index is 0.0567. The summed E-state index contributed by atoms with van der Waals surface area (Å²) in [6.45, 7) is 4.97. The quantitative estimate of drug-likeness (QED) is 0.555. The van der Waals surface area contributed by atoms with Gasteiger partial charge in [0.05, 0.1) is 9.82 Å². The van der Waals surface area contributed by atoms with Crippen molar-refractivity contribution < 1.29 is 18.1 Å². The molecule has 3 rings (SSSR count). The number of rotatable bonds is 6. The third-order valence-corrected chi connectivity index (χ3v) is 6.61. The monoisotopic (exact) mass is 390 g/mol. The third kappa shape index (κ3) is 4.12. The molecule has 1 heterocycles. The summed E-state index contributed by atoms with van der Waals surface area (Å²) in [6.07, 6.45) is 1.61. The topological polar surface area (TPSA) is 89.8 Å². The highest BCUT2D eigenvalue weighted by atomic mass is 32.2. The van der Waals surface area contributed by atoms with Crippen LogP contribution in [0.25, 0.3) is 0 Å². The van der Waals surface area contributed by atoms with E-state index in [1.54, 1.807) is 0 Å². The van der Waals surface area contributed by atoms with Crippen LogP contribution >= 0.6 is 0 Å². The van der Waals surface area contributed by atoms with Crippen LogP contribution in [0.1, 0.15) is 29.5 Å². The van der Waals surface area contributed by atoms with Gasteiger partial charge in [-0.15, -0.1) is 0 Å². The summed E-state index contributed by atoms with van der Waals surface area (Å²) < 4.78 is 32.3. The SMILES string of the molecule is Cc1ccc(C)c(COc2ccc(S(=O)(=O)N3CCCC3)cc2[N+](=O)[O-])c1. The first kappa shape index (κ1) is 19.3. The van der Waals surface area contributed by atoms with Crippen molar-refractivity contribution in [3.8, 4) is 5.75 Å². The van der Waals surface area contributed by atoms with Crippen molar-refractivity contribution in [1.82, 2.24) is 4.31 Å². The summed E-state index contributed by atoms with van der Waals surface area (Å²) in [5.41, 5.74) is 2.68. The van der Waals surface area contributed by atoms with E-state index in [0.29, 0.717) is 13.1 Å². The lowest BCUT2D eigenvalue weighted by Gasteiger charge is -2.16. The van der Waals surface area contributed by atoms with Gasteiger partial charge in [-0.2, -0.15) is 4.31 Å². The highest BCUT2D eigenvalue weighted by molar-refractivity contribution is 7.89. The third-order valence-electron chi connectivity index (χ3n) is 4.72. The van der Waals surface area contributed by atoms with Crippen LogP contribution in [0.15, 0.2) is 41.3 Å². The molecule has 0 spiro atoms. The fourth-order valence-corrected chi connectivity index (χ4v) is 4.65. The van der Waals surface area contributed by atoms with E-state index >= 15 is 0 Å². The van der Waals surface area contributed by atoms with Crippen molar-refractivity contribution in [3.63, 3.8) is 0 Å². The van der Waals surface area contributed by atoms with Gasteiger partial charge in [0.15, 0.2) is 5.75 Å². The zero-order valence-electron chi connectivity index (χ0n) is 15.3. The number of benzene rings is 2. The average Bonchev–Trinajstić information content (AvgIpc) is 3.17. The van der Waals surface area contributed by atoms with Crippen LogP contribution in [-0.4, -0.2) is 30.7 Å². The van der Waals surface area contributed by atoms with E-state index in [9.17, 15) is 18.5 Å². The van der Waals surface area contributed by atoms with Gasteiger partial charge >= 0.3 is 5.69 Å². The Morgan fingerprint density at radius 1 is 1.11 bits per heavy atom. The molecule has 1 saturated heterocycles. The van der Waals surface area contributed by atoms with Gasteiger partial charge in [-0.1, -0.05) is 23.8 Å². The highest BCUT2D eigenvalue weighted by Gasteiger charge is 2.29. The van der Waals surface area contributed by atoms with Crippen molar-refractivity contribution in [2.45, 2.75) is 38.2 Å². The normalized spacial score (nSPS) is 15.0. The molecule has 0 aromatic heterocycles. The maximum Gasteiger partial charge on any atom is 0.312 e. The molecule has 0 amide bonds. The van der Waals surface area contributed by atoms with Crippen molar-refractivity contribution in [1.29, 1.82) is 0 Å². The van der Waals surface area contributed by atoms with Crippen molar-refractivity contribution in [3.05, 3.63) is 63.2 Å². The lowest BCUT2D eigenvalue weighted by molar-refractivity contribution is -0.386. The molecule has 1 aliphatic heterocycles. The number of ether oxygens (including phenoxy) is 1. The summed E-state index contributed by atoms with van der Waals surface area (Å²) in [6, 6.07) is 9.75. The molecular formula is C19H22N2O5S. The van der Waals surface area contributed by atoms with Gasteiger partial charge in [0.1, 0.15) is 6.61 Å². The summed E-state index contributed by atoms with van der Waals surface area (Å²) in [4.78, 5) is 10.8. The molecule has 0 bridgehead atoms. The zero-order chi connectivity index (χ0) is 19.6. The zero-order valence-corrected chi connectivity index (χ0v) is 16.2. The molecular weight excluding hydrogens is 368 g/mol. The van der Waals surface area contributed by atoms with Gasteiger partial charge < -0.3 is 4.74 Å². The largest absolute Gasteiger partial charge is 0.482 e. The number of hydrogen-bond donors (Lipinski definition) is 0. The number of hydrogen-bond acceptors (Lipinski definition) is 5. The molecule has 0 aliphatic carbocycles. The standard InChI is InChI=1S/C19H22N2O5S/c1-14-5-6-15(2)16(11-14)13-26-19-8-7-17(12-18(19)21(22)23)27(24,25)20-9-3-4-10-20/h5-8,11-12H,3-4,9-10,13H2,1-2H3. The van der Waals surface area contributed by atoms with Gasteiger partial charge in [-0.3, -0.25) is 10.1 Å². The second kappa shape index (κ2) is 7.66. The molecule has 2 aromatic rings. The Morgan fingerprint density at radius 3 is 2.48 bits per heavy atom. The summed E-state index contributed by atoms with van der Waals surface area (Å²) in [5.74, 6) is 0.0567. The van der Waals surface area contributed by atoms with Gasteiger partial charge in [0.2, 0.25) is 10.0 Å². The van der Waals surface area contributed by atoms with Crippen LogP contribution in [0, 0.1) is 24.0 Å². The van der Waals surface area contributed by atoms with Gasteiger partial charge in [-0.25, -0.2) is 8.42 Å². The first-order valence-electron chi connectivity index (χ1n) is 8.76. The van der Waals surface area contributed by atoms with E-state index in [0.717, 1.165) is 35.6 Å². The van der Waals surface area contributed by atoms with Gasteiger partial charge in [-0.05, 0) is 49.9 Å².